The predicted molar refractivity (Wildman–Crippen MR) is 161 cm³/mol. The van der Waals surface area contributed by atoms with Crippen LogP contribution >= 0.6 is 7.60 Å². The average Bonchev–Trinajstić information content (AvgIpc) is 3.01. The van der Waals surface area contributed by atoms with Crippen LogP contribution in [0.15, 0.2) is 90.0 Å². The topological polar surface area (TPSA) is 176 Å². The molecule has 3 aromatic carbocycles. The highest BCUT2D eigenvalue weighted by molar-refractivity contribution is 7.55. The number of carbonyl (C=O) groups excluding carboxylic acids is 1. The molecule has 0 radical (unpaired) electrons. The first-order chi connectivity index (χ1) is 21.0. The highest BCUT2D eigenvalue weighted by Gasteiger charge is 2.41. The molecule has 43 heavy (non-hydrogen) atoms. The fourth-order valence-electron chi connectivity index (χ4n) is 3.58. The Morgan fingerprint density at radius 1 is 0.791 bits per heavy atom. The number of para-hydroxylation sites is 2. The van der Waals surface area contributed by atoms with Crippen LogP contribution < -0.4 is 20.1 Å². The van der Waals surface area contributed by atoms with E-state index < -0.39 is 19.5 Å². The third-order valence-electron chi connectivity index (χ3n) is 5.63. The molecule has 0 aliphatic carbocycles. The standard InChI is InChI=1S/C29H36N5O8P/c30-25-13-11-24(12-14-25)23-28(33-29(35)40-22-21-39-20-19-38-18-17-37-16-15-32-34-31)43(36,41-26-7-3-1-4-8-26)42-27-9-5-2-6-10-27/h1-14,28H,15-23,30H2,(H,33,35). The number of nitrogens with two attached hydrogens (primary N) is 1. The number of nitrogen functional groups attached to an aromatic ring is 1. The van der Waals surface area contributed by atoms with E-state index >= 15 is 0 Å². The SMILES string of the molecule is [N-]=[N+]=NCCOCCOCCOCCOC(=O)NC(Cc1ccc(N)cc1)P(=O)(Oc1ccccc1)Oc1ccccc1. The molecular weight excluding hydrogens is 577 g/mol. The van der Waals surface area contributed by atoms with E-state index in [4.69, 9.17) is 39.3 Å². The Morgan fingerprint density at radius 3 is 1.84 bits per heavy atom. The monoisotopic (exact) mass is 613 g/mol. The molecule has 0 aromatic heterocycles. The van der Waals surface area contributed by atoms with Crippen molar-refractivity contribution in [1.82, 2.24) is 5.32 Å². The third-order valence-corrected chi connectivity index (χ3v) is 7.64. The fourth-order valence-corrected chi connectivity index (χ4v) is 5.41. The van der Waals surface area contributed by atoms with Crippen LogP contribution in [0.1, 0.15) is 5.56 Å². The zero-order valence-electron chi connectivity index (χ0n) is 23.7. The number of hydrogen-bond donors (Lipinski definition) is 2. The number of ether oxygens (including phenoxy) is 4. The molecule has 1 unspecified atom stereocenters. The zero-order valence-corrected chi connectivity index (χ0v) is 24.6. The molecule has 230 valence electrons. The van der Waals surface area contributed by atoms with Gasteiger partial charge in [-0.05, 0) is 47.5 Å². The van der Waals surface area contributed by atoms with Crippen molar-refractivity contribution in [3.8, 4) is 11.5 Å². The lowest BCUT2D eigenvalue weighted by molar-refractivity contribution is 0.00669. The van der Waals surface area contributed by atoms with Crippen molar-refractivity contribution < 1.29 is 37.4 Å². The van der Waals surface area contributed by atoms with Gasteiger partial charge in [0.25, 0.3) is 0 Å². The fraction of sp³-hybridized carbons (Fsp3) is 0.345. The summed E-state index contributed by atoms with van der Waals surface area (Å²) in [4.78, 5) is 15.5. The maximum atomic E-state index is 14.4. The van der Waals surface area contributed by atoms with Gasteiger partial charge in [-0.15, -0.1) is 0 Å². The van der Waals surface area contributed by atoms with Gasteiger partial charge in [0, 0.05) is 23.6 Å². The Hall–Kier alpha value is -4.25. The van der Waals surface area contributed by atoms with Gasteiger partial charge in [0.1, 0.15) is 18.1 Å². The highest BCUT2D eigenvalue weighted by atomic mass is 31.2. The van der Waals surface area contributed by atoms with Gasteiger partial charge >= 0.3 is 13.7 Å². The smallest absolute Gasteiger partial charge is 0.447 e. The number of nitrogens with one attached hydrogen (secondary N) is 1. The van der Waals surface area contributed by atoms with Gasteiger partial charge in [0.2, 0.25) is 0 Å². The van der Waals surface area contributed by atoms with E-state index in [1.54, 1.807) is 84.9 Å². The molecule has 14 heteroatoms. The molecule has 3 aromatic rings. The molecule has 0 bridgehead atoms. The van der Waals surface area contributed by atoms with Crippen molar-refractivity contribution in [3.05, 3.63) is 101 Å². The maximum Gasteiger partial charge on any atom is 0.453 e. The minimum atomic E-state index is -4.10. The number of azide groups is 1. The van der Waals surface area contributed by atoms with Crippen molar-refractivity contribution >= 4 is 19.4 Å². The van der Waals surface area contributed by atoms with Crippen molar-refractivity contribution in [2.75, 3.05) is 58.5 Å². The highest BCUT2D eigenvalue weighted by Crippen LogP contribution is 2.53. The molecule has 0 aliphatic rings. The molecule has 13 nitrogen and oxygen atoms in total. The molecule has 1 atom stereocenters. The van der Waals surface area contributed by atoms with E-state index in [0.717, 1.165) is 5.56 Å². The van der Waals surface area contributed by atoms with Gasteiger partial charge in [0.05, 0.1) is 39.6 Å². The first-order valence-corrected chi connectivity index (χ1v) is 15.2. The summed E-state index contributed by atoms with van der Waals surface area (Å²) in [6.07, 6.45) is -0.707. The lowest BCUT2D eigenvalue weighted by Gasteiger charge is -2.28. The summed E-state index contributed by atoms with van der Waals surface area (Å²) in [5, 5.41) is 6.05. The summed E-state index contributed by atoms with van der Waals surface area (Å²) >= 11 is 0. The number of carbonyl (C=O) groups is 1. The first kappa shape index (κ1) is 33.3. The second-order valence-corrected chi connectivity index (χ2v) is 11.0. The Labute approximate surface area is 250 Å². The van der Waals surface area contributed by atoms with Crippen molar-refractivity contribution in [3.63, 3.8) is 0 Å². The van der Waals surface area contributed by atoms with Crippen LogP contribution in [0.3, 0.4) is 0 Å². The molecule has 1 amide bonds. The first-order valence-electron chi connectivity index (χ1n) is 13.6. The van der Waals surface area contributed by atoms with Gasteiger partial charge in [-0.1, -0.05) is 53.6 Å². The second kappa shape index (κ2) is 19.0. The van der Waals surface area contributed by atoms with Crippen LogP contribution in [0.4, 0.5) is 10.5 Å². The second-order valence-electron chi connectivity index (χ2n) is 8.88. The number of nitrogens with zero attached hydrogens (tertiary/aromatic N) is 3. The van der Waals surface area contributed by atoms with Crippen LogP contribution in [0.2, 0.25) is 0 Å². The number of alkyl carbamates (subject to hydrolysis) is 1. The number of amides is 1. The number of benzene rings is 3. The Bertz CT molecular complexity index is 1270. The molecule has 0 aliphatic heterocycles. The van der Waals surface area contributed by atoms with Gasteiger partial charge in [0.15, 0.2) is 5.78 Å². The van der Waals surface area contributed by atoms with E-state index in [2.05, 4.69) is 15.3 Å². The summed E-state index contributed by atoms with van der Waals surface area (Å²) in [6.45, 7) is 2.02. The van der Waals surface area contributed by atoms with Crippen molar-refractivity contribution in [2.24, 2.45) is 5.11 Å². The molecule has 0 spiro atoms. The molecule has 0 fully saturated rings. The van der Waals surface area contributed by atoms with Crippen LogP contribution in [-0.4, -0.2) is 64.7 Å². The van der Waals surface area contributed by atoms with Crippen LogP contribution in [0, 0.1) is 0 Å². The van der Waals surface area contributed by atoms with Gasteiger partial charge in [-0.25, -0.2) is 9.36 Å². The van der Waals surface area contributed by atoms with Crippen molar-refractivity contribution in [1.29, 1.82) is 0 Å². The largest absolute Gasteiger partial charge is 0.453 e. The summed E-state index contributed by atoms with van der Waals surface area (Å²) in [5.41, 5.74) is 15.3. The molecule has 3 rings (SSSR count). The van der Waals surface area contributed by atoms with E-state index in [0.29, 0.717) is 43.6 Å². The maximum absolute atomic E-state index is 14.4. The van der Waals surface area contributed by atoms with E-state index in [-0.39, 0.29) is 32.8 Å². The molecular formula is C29H36N5O8P. The lowest BCUT2D eigenvalue weighted by Crippen LogP contribution is -2.39. The molecule has 0 saturated carbocycles. The zero-order chi connectivity index (χ0) is 30.6. The summed E-state index contributed by atoms with van der Waals surface area (Å²) in [6, 6.07) is 24.2. The van der Waals surface area contributed by atoms with Gasteiger partial charge < -0.3 is 39.0 Å². The Balaban J connectivity index is 1.56. The minimum Gasteiger partial charge on any atom is -0.447 e. The number of hydrogen-bond acceptors (Lipinski definition) is 10. The van der Waals surface area contributed by atoms with Crippen LogP contribution in [0.25, 0.3) is 10.4 Å². The molecule has 0 saturated heterocycles. The van der Waals surface area contributed by atoms with Crippen molar-refractivity contribution in [2.45, 2.75) is 12.2 Å². The van der Waals surface area contributed by atoms with E-state index in [1.165, 1.54) is 0 Å². The predicted octanol–water partition coefficient (Wildman–Crippen LogP) is 5.57. The number of anilines is 1. The molecule has 3 N–H and O–H groups in total. The van der Waals surface area contributed by atoms with Gasteiger partial charge in [-0.2, -0.15) is 0 Å². The molecule has 0 heterocycles. The van der Waals surface area contributed by atoms with Crippen LogP contribution in [-0.2, 0) is 29.9 Å². The third kappa shape index (κ3) is 13.1. The minimum absolute atomic E-state index is 0.0493. The average molecular weight is 614 g/mol. The summed E-state index contributed by atoms with van der Waals surface area (Å²) in [5.74, 6) is -0.489. The normalized spacial score (nSPS) is 11.6. The summed E-state index contributed by atoms with van der Waals surface area (Å²) in [7, 11) is -4.10. The summed E-state index contributed by atoms with van der Waals surface area (Å²) < 4.78 is 47.7. The Kier molecular flexibility index (Phi) is 14.7. The number of rotatable bonds is 20. The van der Waals surface area contributed by atoms with Crippen LogP contribution in [0.5, 0.6) is 11.5 Å². The Morgan fingerprint density at radius 2 is 1.30 bits per heavy atom. The van der Waals surface area contributed by atoms with E-state index in [9.17, 15) is 9.36 Å². The van der Waals surface area contributed by atoms with E-state index in [1.807, 2.05) is 0 Å². The van der Waals surface area contributed by atoms with Gasteiger partial charge in [-0.3, -0.25) is 0 Å². The lowest BCUT2D eigenvalue weighted by atomic mass is 10.1. The quantitative estimate of drug-likeness (QED) is 0.0412.